The van der Waals surface area contributed by atoms with E-state index in [1.165, 1.54) is 4.90 Å². The molecule has 0 unspecified atom stereocenters. The molecule has 4 nitrogen and oxygen atoms in total. The lowest BCUT2D eigenvalue weighted by molar-refractivity contribution is 0.0784. The van der Waals surface area contributed by atoms with Crippen LogP contribution in [0.15, 0.2) is 36.5 Å². The second kappa shape index (κ2) is 6.33. The lowest BCUT2D eigenvalue weighted by Crippen LogP contribution is -2.26. The van der Waals surface area contributed by atoms with Crippen LogP contribution in [0, 0.1) is 17.1 Å². The Morgan fingerprint density at radius 2 is 2.10 bits per heavy atom. The van der Waals surface area contributed by atoms with Crippen molar-refractivity contribution >= 4 is 17.5 Å². The molecule has 2 rings (SSSR count). The van der Waals surface area contributed by atoms with Crippen molar-refractivity contribution in [1.29, 1.82) is 5.26 Å². The highest BCUT2D eigenvalue weighted by Gasteiger charge is 2.17. The molecule has 0 radical (unpaired) electrons. The first-order chi connectivity index (χ1) is 10.0. The van der Waals surface area contributed by atoms with E-state index in [9.17, 15) is 9.18 Å². The van der Waals surface area contributed by atoms with Crippen LogP contribution in [-0.2, 0) is 6.54 Å². The summed E-state index contributed by atoms with van der Waals surface area (Å²) in [5, 5.41) is 8.70. The second-order valence-corrected chi connectivity index (χ2v) is 4.82. The molecule has 21 heavy (non-hydrogen) atoms. The topological polar surface area (TPSA) is 57.0 Å². The van der Waals surface area contributed by atoms with Gasteiger partial charge in [0.25, 0.3) is 5.91 Å². The molecule has 0 saturated carbocycles. The van der Waals surface area contributed by atoms with Gasteiger partial charge in [-0.3, -0.25) is 4.79 Å². The molecule has 0 aliphatic rings. The minimum atomic E-state index is -0.616. The number of benzene rings is 1. The standard InChI is InChI=1S/C15H11ClFN3O/c1-20(9-11-4-2-10(7-18)3-5-11)15(21)13-6-12(17)8-19-14(13)16/h2-6,8H,9H2,1H3. The number of nitriles is 1. The van der Waals surface area contributed by atoms with Gasteiger partial charge in [-0.25, -0.2) is 9.37 Å². The van der Waals surface area contributed by atoms with Crippen molar-refractivity contribution in [1.82, 2.24) is 9.88 Å². The number of nitrogens with zero attached hydrogens (tertiary/aromatic N) is 3. The zero-order valence-corrected chi connectivity index (χ0v) is 11.9. The number of aromatic nitrogens is 1. The molecule has 0 aliphatic heterocycles. The summed E-state index contributed by atoms with van der Waals surface area (Å²) in [6.07, 6.45) is 0.958. The third kappa shape index (κ3) is 3.56. The molecule has 1 amide bonds. The van der Waals surface area contributed by atoms with Crippen molar-refractivity contribution in [2.75, 3.05) is 7.05 Å². The molecule has 2 aromatic rings. The zero-order valence-electron chi connectivity index (χ0n) is 11.2. The van der Waals surface area contributed by atoms with Gasteiger partial charge in [0, 0.05) is 13.6 Å². The Bertz CT molecular complexity index is 710. The molecular weight excluding hydrogens is 293 g/mol. The molecule has 1 heterocycles. The number of halogens is 2. The smallest absolute Gasteiger partial charge is 0.257 e. The maximum Gasteiger partial charge on any atom is 0.257 e. The van der Waals surface area contributed by atoms with Crippen LogP contribution >= 0.6 is 11.6 Å². The van der Waals surface area contributed by atoms with Gasteiger partial charge in [-0.2, -0.15) is 5.26 Å². The minimum absolute atomic E-state index is 0.0211. The fraction of sp³-hybridized carbons (Fsp3) is 0.133. The number of carbonyl (C=O) groups excluding carboxylic acids is 1. The molecule has 6 heteroatoms. The third-order valence-electron chi connectivity index (χ3n) is 2.89. The average Bonchev–Trinajstić information content (AvgIpc) is 2.49. The molecule has 1 aromatic carbocycles. The van der Waals surface area contributed by atoms with Crippen molar-refractivity contribution in [2.24, 2.45) is 0 Å². The Balaban J connectivity index is 2.15. The molecule has 1 aromatic heterocycles. The fourth-order valence-electron chi connectivity index (χ4n) is 1.81. The molecular formula is C15H11ClFN3O. The lowest BCUT2D eigenvalue weighted by Gasteiger charge is -2.17. The molecule has 0 spiro atoms. The summed E-state index contributed by atoms with van der Waals surface area (Å²) in [4.78, 5) is 17.3. The van der Waals surface area contributed by atoms with Crippen LogP contribution in [0.2, 0.25) is 5.15 Å². The molecule has 0 N–H and O–H groups in total. The van der Waals surface area contributed by atoms with Crippen LogP contribution in [0.1, 0.15) is 21.5 Å². The molecule has 0 bridgehead atoms. The first kappa shape index (κ1) is 14.9. The lowest BCUT2D eigenvalue weighted by atomic mass is 10.1. The zero-order chi connectivity index (χ0) is 15.4. The minimum Gasteiger partial charge on any atom is -0.337 e. The Morgan fingerprint density at radius 1 is 1.43 bits per heavy atom. The largest absolute Gasteiger partial charge is 0.337 e. The summed E-state index contributed by atoms with van der Waals surface area (Å²) in [7, 11) is 1.59. The molecule has 0 saturated heterocycles. The van der Waals surface area contributed by atoms with Gasteiger partial charge in [0.2, 0.25) is 0 Å². The third-order valence-corrected chi connectivity index (χ3v) is 3.19. The molecule has 106 valence electrons. The predicted molar refractivity (Wildman–Crippen MR) is 76.2 cm³/mol. The number of hydrogen-bond donors (Lipinski definition) is 0. The highest BCUT2D eigenvalue weighted by atomic mass is 35.5. The van der Waals surface area contributed by atoms with E-state index in [-0.39, 0.29) is 10.7 Å². The highest BCUT2D eigenvalue weighted by Crippen LogP contribution is 2.17. The van der Waals surface area contributed by atoms with Crippen molar-refractivity contribution in [3.8, 4) is 6.07 Å². The van der Waals surface area contributed by atoms with E-state index in [4.69, 9.17) is 16.9 Å². The average molecular weight is 304 g/mol. The number of amides is 1. The van der Waals surface area contributed by atoms with Crippen LogP contribution in [0.3, 0.4) is 0 Å². The summed E-state index contributed by atoms with van der Waals surface area (Å²) >= 11 is 5.82. The van der Waals surface area contributed by atoms with Gasteiger partial charge in [0.1, 0.15) is 11.0 Å². The maximum atomic E-state index is 13.2. The van der Waals surface area contributed by atoms with Gasteiger partial charge in [-0.05, 0) is 23.8 Å². The normalized spacial score (nSPS) is 10.0. The first-order valence-corrected chi connectivity index (χ1v) is 6.44. The van der Waals surface area contributed by atoms with Gasteiger partial charge in [0.15, 0.2) is 0 Å². The SMILES string of the molecule is CN(Cc1ccc(C#N)cc1)C(=O)c1cc(F)cnc1Cl. The summed E-state index contributed by atoms with van der Waals surface area (Å²) < 4.78 is 13.2. The van der Waals surface area contributed by atoms with Crippen LogP contribution in [0.25, 0.3) is 0 Å². The highest BCUT2D eigenvalue weighted by molar-refractivity contribution is 6.32. The molecule has 0 atom stereocenters. The van der Waals surface area contributed by atoms with Gasteiger partial charge in [-0.15, -0.1) is 0 Å². The van der Waals surface area contributed by atoms with Gasteiger partial charge < -0.3 is 4.90 Å². The number of rotatable bonds is 3. The Morgan fingerprint density at radius 3 is 2.71 bits per heavy atom. The van der Waals surface area contributed by atoms with Gasteiger partial charge >= 0.3 is 0 Å². The van der Waals surface area contributed by atoms with Crippen LogP contribution in [0.4, 0.5) is 4.39 Å². The monoisotopic (exact) mass is 303 g/mol. The number of hydrogen-bond acceptors (Lipinski definition) is 3. The van der Waals surface area contributed by atoms with E-state index >= 15 is 0 Å². The van der Waals surface area contributed by atoms with Crippen LogP contribution in [-0.4, -0.2) is 22.8 Å². The first-order valence-electron chi connectivity index (χ1n) is 6.07. The van der Waals surface area contributed by atoms with E-state index in [2.05, 4.69) is 4.98 Å². The quantitative estimate of drug-likeness (QED) is 0.819. The second-order valence-electron chi connectivity index (χ2n) is 4.46. The Hall–Kier alpha value is -2.45. The van der Waals surface area contributed by atoms with Crippen molar-refractivity contribution in [3.05, 3.63) is 64.2 Å². The molecule has 0 fully saturated rings. The summed E-state index contributed by atoms with van der Waals surface area (Å²) in [5.74, 6) is -1.04. The van der Waals surface area contributed by atoms with Gasteiger partial charge in [0.05, 0.1) is 23.4 Å². The van der Waals surface area contributed by atoms with Crippen LogP contribution < -0.4 is 0 Å². The number of pyridine rings is 1. The Labute approximate surface area is 126 Å². The Kier molecular flexibility index (Phi) is 4.51. The summed E-state index contributed by atoms with van der Waals surface area (Å²) in [6.45, 7) is 0.317. The maximum absolute atomic E-state index is 13.2. The fourth-order valence-corrected chi connectivity index (χ4v) is 1.99. The summed E-state index contributed by atoms with van der Waals surface area (Å²) in [6, 6.07) is 9.94. The van der Waals surface area contributed by atoms with Crippen LogP contribution in [0.5, 0.6) is 0 Å². The van der Waals surface area contributed by atoms with Crippen molar-refractivity contribution < 1.29 is 9.18 Å². The van der Waals surface area contributed by atoms with E-state index < -0.39 is 11.7 Å². The number of carbonyl (C=O) groups is 1. The molecule has 0 aliphatic carbocycles. The van der Waals surface area contributed by atoms with Gasteiger partial charge in [-0.1, -0.05) is 23.7 Å². The van der Waals surface area contributed by atoms with Crippen molar-refractivity contribution in [3.63, 3.8) is 0 Å². The van der Waals surface area contributed by atoms with Crippen molar-refractivity contribution in [2.45, 2.75) is 6.54 Å². The van der Waals surface area contributed by atoms with E-state index in [0.717, 1.165) is 17.8 Å². The van der Waals surface area contributed by atoms with E-state index in [1.807, 2.05) is 6.07 Å². The van der Waals surface area contributed by atoms with E-state index in [1.54, 1.807) is 31.3 Å². The summed E-state index contributed by atoms with van der Waals surface area (Å²) in [5.41, 5.74) is 1.42. The predicted octanol–water partition coefficient (Wildman–Crippen LogP) is 3.02. The van der Waals surface area contributed by atoms with E-state index in [0.29, 0.717) is 12.1 Å².